The number of rotatable bonds is 7. The molecule has 0 aliphatic heterocycles. The molecular weight excluding hydrogens is 204 g/mol. The number of carboxylic acid groups (broad SMARTS) is 1. The third-order valence-corrected chi connectivity index (χ3v) is 2.80. The number of hydrogen-bond acceptors (Lipinski definition) is 1. The molecule has 0 fully saturated rings. The van der Waals surface area contributed by atoms with E-state index >= 15 is 0 Å². The van der Waals surface area contributed by atoms with Crippen LogP contribution in [-0.2, 0) is 17.9 Å². The van der Waals surface area contributed by atoms with Gasteiger partial charge in [-0.05, 0) is 12.8 Å². The van der Waals surface area contributed by atoms with Crippen LogP contribution in [0.4, 0.5) is 0 Å². The van der Waals surface area contributed by atoms with Crippen molar-refractivity contribution in [1.29, 1.82) is 0 Å². The van der Waals surface area contributed by atoms with Crippen LogP contribution >= 0.6 is 0 Å². The van der Waals surface area contributed by atoms with E-state index in [1.807, 2.05) is 6.20 Å². The molecule has 0 atom stereocenters. The lowest BCUT2D eigenvalue weighted by Crippen LogP contribution is -2.35. The Bertz CT molecular complexity index is 345. The molecular formula is C12H21N2O2+. The van der Waals surface area contributed by atoms with Crippen molar-refractivity contribution in [3.05, 3.63) is 18.2 Å². The van der Waals surface area contributed by atoms with Gasteiger partial charge in [0.25, 0.3) is 5.82 Å². The van der Waals surface area contributed by atoms with Crippen LogP contribution in [0.1, 0.15) is 38.4 Å². The second-order valence-electron chi connectivity index (χ2n) is 4.08. The van der Waals surface area contributed by atoms with E-state index < -0.39 is 5.97 Å². The largest absolute Gasteiger partial charge is 0.481 e. The minimum atomic E-state index is -0.719. The van der Waals surface area contributed by atoms with Gasteiger partial charge in [0.05, 0.1) is 13.1 Å². The van der Waals surface area contributed by atoms with E-state index in [0.717, 1.165) is 13.1 Å². The predicted octanol–water partition coefficient (Wildman–Crippen LogP) is 1.75. The average Bonchev–Trinajstić information content (AvgIpc) is 2.57. The standard InChI is InChI=1S/C12H20N2O2/c1-3-4-7-13-9-10-14(11(13)2)8-5-6-12(15)16/h9-10H,3-8H2,1-2H3/p+1. The van der Waals surface area contributed by atoms with E-state index in [0.29, 0.717) is 6.42 Å². The molecule has 1 aromatic heterocycles. The number of aromatic nitrogens is 2. The highest BCUT2D eigenvalue weighted by molar-refractivity contribution is 5.66. The number of unbranched alkanes of at least 4 members (excludes halogenated alkanes) is 1. The quantitative estimate of drug-likeness (QED) is 0.719. The van der Waals surface area contributed by atoms with Crippen LogP contribution in [0, 0.1) is 6.92 Å². The Morgan fingerprint density at radius 2 is 2.25 bits per heavy atom. The molecule has 1 rings (SSSR count). The summed E-state index contributed by atoms with van der Waals surface area (Å²) in [5.41, 5.74) is 0. The summed E-state index contributed by atoms with van der Waals surface area (Å²) in [6.45, 7) is 6.10. The zero-order chi connectivity index (χ0) is 12.0. The maximum atomic E-state index is 10.4. The number of nitrogens with zero attached hydrogens (tertiary/aromatic N) is 2. The van der Waals surface area contributed by atoms with E-state index in [4.69, 9.17) is 5.11 Å². The highest BCUT2D eigenvalue weighted by atomic mass is 16.4. The summed E-state index contributed by atoms with van der Waals surface area (Å²) in [5.74, 6) is 0.488. The van der Waals surface area contributed by atoms with Gasteiger partial charge < -0.3 is 5.11 Å². The molecule has 4 nitrogen and oxygen atoms in total. The van der Waals surface area contributed by atoms with Crippen molar-refractivity contribution in [3.8, 4) is 0 Å². The van der Waals surface area contributed by atoms with Crippen LogP contribution < -0.4 is 4.57 Å². The Kier molecular flexibility index (Phi) is 5.02. The van der Waals surface area contributed by atoms with E-state index in [9.17, 15) is 4.79 Å². The van der Waals surface area contributed by atoms with Gasteiger partial charge in [0.1, 0.15) is 12.4 Å². The first kappa shape index (κ1) is 12.7. The van der Waals surface area contributed by atoms with E-state index in [1.165, 1.54) is 18.7 Å². The number of carboxylic acids is 1. The van der Waals surface area contributed by atoms with Gasteiger partial charge in [0.2, 0.25) is 0 Å². The minimum absolute atomic E-state index is 0.243. The predicted molar refractivity (Wildman–Crippen MR) is 61.1 cm³/mol. The van der Waals surface area contributed by atoms with Crippen LogP contribution in [0.15, 0.2) is 12.4 Å². The maximum Gasteiger partial charge on any atom is 0.303 e. The van der Waals surface area contributed by atoms with E-state index in [-0.39, 0.29) is 6.42 Å². The molecule has 0 aromatic carbocycles. The lowest BCUT2D eigenvalue weighted by molar-refractivity contribution is -0.702. The molecule has 0 saturated carbocycles. The second kappa shape index (κ2) is 6.30. The smallest absolute Gasteiger partial charge is 0.303 e. The van der Waals surface area contributed by atoms with Gasteiger partial charge >= 0.3 is 5.97 Å². The number of hydrogen-bond donors (Lipinski definition) is 1. The molecule has 1 aromatic rings. The fourth-order valence-corrected chi connectivity index (χ4v) is 1.74. The van der Waals surface area contributed by atoms with Crippen molar-refractivity contribution < 1.29 is 14.5 Å². The molecule has 0 spiro atoms. The summed E-state index contributed by atoms with van der Waals surface area (Å²) in [6, 6.07) is 0. The highest BCUT2D eigenvalue weighted by Crippen LogP contribution is 1.99. The Hall–Kier alpha value is -1.32. The van der Waals surface area contributed by atoms with Crippen molar-refractivity contribution in [2.24, 2.45) is 0 Å². The van der Waals surface area contributed by atoms with Gasteiger partial charge in [-0.25, -0.2) is 9.13 Å². The van der Waals surface area contributed by atoms with Crippen LogP contribution in [0.25, 0.3) is 0 Å². The normalized spacial score (nSPS) is 10.6. The van der Waals surface area contributed by atoms with E-state index in [1.54, 1.807) is 0 Å². The fraction of sp³-hybridized carbons (Fsp3) is 0.667. The number of aryl methyl sites for hydroxylation is 2. The second-order valence-corrected chi connectivity index (χ2v) is 4.08. The van der Waals surface area contributed by atoms with Gasteiger partial charge in [0.15, 0.2) is 0 Å². The Labute approximate surface area is 96.5 Å². The highest BCUT2D eigenvalue weighted by Gasteiger charge is 2.11. The summed E-state index contributed by atoms with van der Waals surface area (Å²) in [7, 11) is 0. The number of imidazole rings is 1. The van der Waals surface area contributed by atoms with E-state index in [2.05, 4.69) is 29.2 Å². The Morgan fingerprint density at radius 3 is 2.88 bits per heavy atom. The van der Waals surface area contributed by atoms with Crippen LogP contribution in [0.5, 0.6) is 0 Å². The van der Waals surface area contributed by atoms with Crippen molar-refractivity contribution in [3.63, 3.8) is 0 Å². The number of aliphatic carboxylic acids is 1. The van der Waals surface area contributed by atoms with Crippen LogP contribution in [-0.4, -0.2) is 15.6 Å². The molecule has 0 aliphatic carbocycles. The monoisotopic (exact) mass is 225 g/mol. The molecule has 0 aliphatic rings. The fourth-order valence-electron chi connectivity index (χ4n) is 1.74. The molecule has 16 heavy (non-hydrogen) atoms. The molecule has 1 heterocycles. The molecule has 0 bridgehead atoms. The summed E-state index contributed by atoms with van der Waals surface area (Å²) >= 11 is 0. The van der Waals surface area contributed by atoms with Crippen LogP contribution in [0.3, 0.4) is 0 Å². The van der Waals surface area contributed by atoms with Crippen LogP contribution in [0.2, 0.25) is 0 Å². The SMILES string of the molecule is CCCCn1cc[n+](CCCC(=O)O)c1C. The van der Waals surface area contributed by atoms with Crippen molar-refractivity contribution in [2.75, 3.05) is 0 Å². The zero-order valence-electron chi connectivity index (χ0n) is 10.1. The van der Waals surface area contributed by atoms with Crippen molar-refractivity contribution in [1.82, 2.24) is 4.57 Å². The molecule has 0 saturated heterocycles. The molecule has 90 valence electrons. The first-order valence-corrected chi connectivity index (χ1v) is 5.92. The lowest BCUT2D eigenvalue weighted by Gasteiger charge is -2.00. The Morgan fingerprint density at radius 1 is 1.50 bits per heavy atom. The summed E-state index contributed by atoms with van der Waals surface area (Å²) in [6.07, 6.45) is 7.42. The molecule has 4 heteroatoms. The molecule has 1 N–H and O–H groups in total. The molecule has 0 radical (unpaired) electrons. The first-order valence-electron chi connectivity index (χ1n) is 5.92. The minimum Gasteiger partial charge on any atom is -0.481 e. The van der Waals surface area contributed by atoms with Crippen molar-refractivity contribution in [2.45, 2.75) is 52.6 Å². The summed E-state index contributed by atoms with van der Waals surface area (Å²) in [4.78, 5) is 10.4. The van der Waals surface area contributed by atoms with Crippen molar-refractivity contribution >= 4 is 5.97 Å². The molecule has 0 unspecified atom stereocenters. The van der Waals surface area contributed by atoms with Gasteiger partial charge in [-0.2, -0.15) is 0 Å². The van der Waals surface area contributed by atoms with Gasteiger partial charge in [-0.15, -0.1) is 0 Å². The number of carbonyl (C=O) groups is 1. The van der Waals surface area contributed by atoms with Gasteiger partial charge in [-0.1, -0.05) is 13.3 Å². The third kappa shape index (κ3) is 3.68. The Balaban J connectivity index is 2.48. The third-order valence-electron chi connectivity index (χ3n) is 2.80. The van der Waals surface area contributed by atoms with Gasteiger partial charge in [0, 0.05) is 13.3 Å². The summed E-state index contributed by atoms with van der Waals surface area (Å²) < 4.78 is 4.35. The zero-order valence-corrected chi connectivity index (χ0v) is 10.1. The maximum absolute atomic E-state index is 10.4. The van der Waals surface area contributed by atoms with Gasteiger partial charge in [-0.3, -0.25) is 4.79 Å². The lowest BCUT2D eigenvalue weighted by atomic mass is 10.3. The first-order chi connectivity index (χ1) is 7.65. The summed E-state index contributed by atoms with van der Waals surface area (Å²) in [5, 5.41) is 8.57. The average molecular weight is 225 g/mol. The topological polar surface area (TPSA) is 46.1 Å². The molecule has 0 amide bonds.